The standard InChI is InChI=1S/C15H18N2O/c16-12-9-13(10-12)17-15(14-7-4-8-18-14)11-5-2-1-3-6-11/h1-8,12-13,15,17H,9-10,16H2. The second-order valence-corrected chi connectivity index (χ2v) is 4.95. The summed E-state index contributed by atoms with van der Waals surface area (Å²) in [4.78, 5) is 0. The summed E-state index contributed by atoms with van der Waals surface area (Å²) in [5.74, 6) is 0.960. The van der Waals surface area contributed by atoms with Crippen LogP contribution in [0.4, 0.5) is 0 Å². The Labute approximate surface area is 107 Å². The molecule has 1 aromatic carbocycles. The van der Waals surface area contributed by atoms with Crippen molar-refractivity contribution in [3.63, 3.8) is 0 Å². The second kappa shape index (κ2) is 4.96. The van der Waals surface area contributed by atoms with Gasteiger partial charge in [0, 0.05) is 12.1 Å². The number of furan rings is 1. The second-order valence-electron chi connectivity index (χ2n) is 4.95. The molecule has 1 heterocycles. The fourth-order valence-electron chi connectivity index (χ4n) is 2.48. The van der Waals surface area contributed by atoms with Crippen molar-refractivity contribution in [3.8, 4) is 0 Å². The van der Waals surface area contributed by atoms with Gasteiger partial charge in [0.1, 0.15) is 5.76 Å². The molecule has 1 aliphatic rings. The quantitative estimate of drug-likeness (QED) is 0.866. The Morgan fingerprint density at radius 1 is 1.11 bits per heavy atom. The van der Waals surface area contributed by atoms with Crippen molar-refractivity contribution >= 4 is 0 Å². The fourth-order valence-corrected chi connectivity index (χ4v) is 2.48. The molecule has 1 aromatic heterocycles. The molecule has 0 saturated heterocycles. The third kappa shape index (κ3) is 2.33. The maximum absolute atomic E-state index is 5.84. The van der Waals surface area contributed by atoms with E-state index >= 15 is 0 Å². The zero-order valence-electron chi connectivity index (χ0n) is 10.3. The lowest BCUT2D eigenvalue weighted by Gasteiger charge is -2.36. The van der Waals surface area contributed by atoms with Gasteiger partial charge in [-0.2, -0.15) is 0 Å². The van der Waals surface area contributed by atoms with Gasteiger partial charge in [0.25, 0.3) is 0 Å². The molecule has 0 aliphatic heterocycles. The molecule has 3 heteroatoms. The monoisotopic (exact) mass is 242 g/mol. The molecule has 2 aromatic rings. The Morgan fingerprint density at radius 2 is 1.89 bits per heavy atom. The molecule has 18 heavy (non-hydrogen) atoms. The lowest BCUT2D eigenvalue weighted by Crippen LogP contribution is -2.49. The van der Waals surface area contributed by atoms with Crippen LogP contribution in [0.15, 0.2) is 53.1 Å². The van der Waals surface area contributed by atoms with Crippen LogP contribution in [0.2, 0.25) is 0 Å². The van der Waals surface area contributed by atoms with Gasteiger partial charge in [-0.3, -0.25) is 0 Å². The zero-order chi connectivity index (χ0) is 12.4. The van der Waals surface area contributed by atoms with Crippen LogP contribution >= 0.6 is 0 Å². The Bertz CT molecular complexity index is 474. The van der Waals surface area contributed by atoms with Crippen LogP contribution in [0, 0.1) is 0 Å². The van der Waals surface area contributed by atoms with Gasteiger partial charge in [-0.25, -0.2) is 0 Å². The molecule has 0 amide bonds. The smallest absolute Gasteiger partial charge is 0.125 e. The van der Waals surface area contributed by atoms with Gasteiger partial charge in [-0.15, -0.1) is 0 Å². The van der Waals surface area contributed by atoms with Crippen LogP contribution in [-0.2, 0) is 0 Å². The first-order valence-corrected chi connectivity index (χ1v) is 6.43. The summed E-state index contributed by atoms with van der Waals surface area (Å²) in [6.45, 7) is 0. The van der Waals surface area contributed by atoms with Gasteiger partial charge >= 0.3 is 0 Å². The van der Waals surface area contributed by atoms with Crippen molar-refractivity contribution in [2.24, 2.45) is 5.73 Å². The normalized spacial score (nSPS) is 24.5. The summed E-state index contributed by atoms with van der Waals surface area (Å²) < 4.78 is 5.55. The summed E-state index contributed by atoms with van der Waals surface area (Å²) in [6.07, 6.45) is 3.81. The fraction of sp³-hybridized carbons (Fsp3) is 0.333. The lowest BCUT2D eigenvalue weighted by atomic mass is 9.86. The predicted octanol–water partition coefficient (Wildman–Crippen LogP) is 2.45. The van der Waals surface area contributed by atoms with E-state index in [2.05, 4.69) is 29.6 Å². The molecule has 0 bridgehead atoms. The largest absolute Gasteiger partial charge is 0.467 e. The number of nitrogens with one attached hydrogen (secondary N) is 1. The number of hydrogen-bond acceptors (Lipinski definition) is 3. The van der Waals surface area contributed by atoms with E-state index in [9.17, 15) is 0 Å². The summed E-state index contributed by atoms with van der Waals surface area (Å²) >= 11 is 0. The highest BCUT2D eigenvalue weighted by Gasteiger charge is 2.29. The average Bonchev–Trinajstić information content (AvgIpc) is 2.88. The van der Waals surface area contributed by atoms with Crippen LogP contribution in [-0.4, -0.2) is 12.1 Å². The van der Waals surface area contributed by atoms with Crippen molar-refractivity contribution in [1.29, 1.82) is 0 Å². The van der Waals surface area contributed by atoms with Gasteiger partial charge in [-0.05, 0) is 30.5 Å². The zero-order valence-corrected chi connectivity index (χ0v) is 10.3. The number of rotatable bonds is 4. The molecule has 1 unspecified atom stereocenters. The maximum Gasteiger partial charge on any atom is 0.125 e. The first-order chi connectivity index (χ1) is 8.83. The Hall–Kier alpha value is -1.58. The van der Waals surface area contributed by atoms with E-state index in [1.54, 1.807) is 6.26 Å². The number of benzene rings is 1. The topological polar surface area (TPSA) is 51.2 Å². The highest BCUT2D eigenvalue weighted by atomic mass is 16.3. The molecule has 1 fully saturated rings. The third-order valence-electron chi connectivity index (χ3n) is 3.54. The Morgan fingerprint density at radius 3 is 2.50 bits per heavy atom. The van der Waals surface area contributed by atoms with E-state index in [4.69, 9.17) is 10.2 Å². The van der Waals surface area contributed by atoms with E-state index in [0.29, 0.717) is 12.1 Å². The highest BCUT2D eigenvalue weighted by molar-refractivity contribution is 5.26. The summed E-state index contributed by atoms with van der Waals surface area (Å²) in [5, 5.41) is 3.63. The van der Waals surface area contributed by atoms with Crippen molar-refractivity contribution in [3.05, 3.63) is 60.1 Å². The molecule has 3 nitrogen and oxygen atoms in total. The highest BCUT2D eigenvalue weighted by Crippen LogP contribution is 2.27. The van der Waals surface area contributed by atoms with Gasteiger partial charge < -0.3 is 15.5 Å². The molecule has 1 atom stereocenters. The molecule has 1 aliphatic carbocycles. The van der Waals surface area contributed by atoms with Crippen LogP contribution in [0.3, 0.4) is 0 Å². The van der Waals surface area contributed by atoms with Crippen LogP contribution in [0.25, 0.3) is 0 Å². The van der Waals surface area contributed by atoms with Gasteiger partial charge in [-0.1, -0.05) is 30.3 Å². The van der Waals surface area contributed by atoms with E-state index in [1.165, 1.54) is 5.56 Å². The van der Waals surface area contributed by atoms with E-state index in [0.717, 1.165) is 18.6 Å². The van der Waals surface area contributed by atoms with Crippen LogP contribution < -0.4 is 11.1 Å². The summed E-state index contributed by atoms with van der Waals surface area (Å²) in [5.41, 5.74) is 7.07. The van der Waals surface area contributed by atoms with Gasteiger partial charge in [0.2, 0.25) is 0 Å². The lowest BCUT2D eigenvalue weighted by molar-refractivity contribution is 0.267. The summed E-state index contributed by atoms with van der Waals surface area (Å²) in [7, 11) is 0. The van der Waals surface area contributed by atoms with Gasteiger partial charge in [0.15, 0.2) is 0 Å². The Kier molecular flexibility index (Phi) is 3.17. The third-order valence-corrected chi connectivity index (χ3v) is 3.54. The molecule has 0 spiro atoms. The van der Waals surface area contributed by atoms with E-state index in [-0.39, 0.29) is 6.04 Å². The van der Waals surface area contributed by atoms with Crippen molar-refractivity contribution in [1.82, 2.24) is 5.32 Å². The van der Waals surface area contributed by atoms with Crippen molar-refractivity contribution in [2.75, 3.05) is 0 Å². The first kappa shape index (κ1) is 11.5. The number of nitrogens with two attached hydrogens (primary N) is 1. The summed E-state index contributed by atoms with van der Waals surface area (Å²) in [6, 6.07) is 15.3. The number of hydrogen-bond donors (Lipinski definition) is 2. The van der Waals surface area contributed by atoms with Crippen LogP contribution in [0.5, 0.6) is 0 Å². The molecular weight excluding hydrogens is 224 g/mol. The Balaban J connectivity index is 1.80. The minimum Gasteiger partial charge on any atom is -0.467 e. The van der Waals surface area contributed by atoms with Crippen molar-refractivity contribution < 1.29 is 4.42 Å². The SMILES string of the molecule is NC1CC(NC(c2ccccc2)c2ccco2)C1. The van der Waals surface area contributed by atoms with E-state index in [1.807, 2.05) is 18.2 Å². The van der Waals surface area contributed by atoms with E-state index < -0.39 is 0 Å². The predicted molar refractivity (Wildman–Crippen MR) is 71.1 cm³/mol. The molecule has 3 rings (SSSR count). The molecule has 3 N–H and O–H groups in total. The maximum atomic E-state index is 5.84. The minimum absolute atomic E-state index is 0.124. The molecule has 0 radical (unpaired) electrons. The van der Waals surface area contributed by atoms with Gasteiger partial charge in [0.05, 0.1) is 12.3 Å². The van der Waals surface area contributed by atoms with Crippen molar-refractivity contribution in [2.45, 2.75) is 31.0 Å². The molecule has 94 valence electrons. The van der Waals surface area contributed by atoms with Crippen LogP contribution in [0.1, 0.15) is 30.2 Å². The minimum atomic E-state index is 0.124. The first-order valence-electron chi connectivity index (χ1n) is 6.43. The average molecular weight is 242 g/mol. The molecule has 1 saturated carbocycles. The molecular formula is C15H18N2O.